The second-order valence-corrected chi connectivity index (χ2v) is 6.06. The molecule has 0 aliphatic rings. The second kappa shape index (κ2) is 7.22. The van der Waals surface area contributed by atoms with E-state index in [2.05, 4.69) is 15.4 Å². The zero-order valence-electron chi connectivity index (χ0n) is 14.7. The average molecular weight is 374 g/mol. The predicted octanol–water partition coefficient (Wildman–Crippen LogP) is 4.09. The minimum absolute atomic E-state index is 0.203. The highest BCUT2D eigenvalue weighted by atomic mass is 19.4. The Labute approximate surface area is 153 Å². The van der Waals surface area contributed by atoms with E-state index in [-0.39, 0.29) is 17.8 Å². The highest BCUT2D eigenvalue weighted by Gasteiger charge is 2.30. The van der Waals surface area contributed by atoms with Gasteiger partial charge in [0.25, 0.3) is 5.91 Å². The molecule has 3 rings (SSSR count). The Morgan fingerprint density at radius 1 is 1.11 bits per heavy atom. The topological polar surface area (TPSA) is 59.8 Å². The molecule has 1 atom stereocenters. The normalized spacial score (nSPS) is 12.6. The molecule has 5 nitrogen and oxygen atoms in total. The van der Waals surface area contributed by atoms with Crippen LogP contribution in [0.1, 0.15) is 40.1 Å². The number of amides is 1. The minimum Gasteiger partial charge on any atom is -0.345 e. The van der Waals surface area contributed by atoms with Gasteiger partial charge < -0.3 is 5.32 Å². The van der Waals surface area contributed by atoms with E-state index in [4.69, 9.17) is 0 Å². The Bertz CT molecular complexity index is 934. The number of nitrogens with one attached hydrogen (secondary N) is 1. The average Bonchev–Trinajstić information content (AvgIpc) is 3.03. The first kappa shape index (κ1) is 18.6. The summed E-state index contributed by atoms with van der Waals surface area (Å²) < 4.78 is 39.3. The third-order valence-corrected chi connectivity index (χ3v) is 4.19. The summed E-state index contributed by atoms with van der Waals surface area (Å²) in [6, 6.07) is 11.4. The number of aromatic nitrogens is 3. The van der Waals surface area contributed by atoms with Crippen molar-refractivity contribution in [2.45, 2.75) is 26.1 Å². The summed E-state index contributed by atoms with van der Waals surface area (Å²) in [4.78, 5) is 16.4. The molecular formula is C19H17F3N4O. The lowest BCUT2D eigenvalue weighted by molar-refractivity contribution is -0.137. The highest BCUT2D eigenvalue weighted by Crippen LogP contribution is 2.28. The Balaban J connectivity index is 1.79. The Morgan fingerprint density at radius 3 is 2.41 bits per heavy atom. The number of hydrogen-bond donors (Lipinski definition) is 1. The highest BCUT2D eigenvalue weighted by molar-refractivity contribution is 5.95. The number of pyridine rings is 1. The molecule has 1 N–H and O–H groups in total. The van der Waals surface area contributed by atoms with E-state index in [0.717, 1.165) is 17.8 Å². The van der Waals surface area contributed by atoms with Crippen LogP contribution in [0.2, 0.25) is 0 Å². The van der Waals surface area contributed by atoms with Crippen molar-refractivity contribution >= 4 is 5.91 Å². The van der Waals surface area contributed by atoms with Crippen LogP contribution in [0.5, 0.6) is 0 Å². The van der Waals surface area contributed by atoms with Gasteiger partial charge in [0.1, 0.15) is 0 Å². The van der Waals surface area contributed by atoms with Gasteiger partial charge in [-0.15, -0.1) is 0 Å². The molecule has 0 saturated heterocycles. The van der Waals surface area contributed by atoms with E-state index in [0.29, 0.717) is 11.3 Å². The predicted molar refractivity (Wildman–Crippen MR) is 93.4 cm³/mol. The Kier molecular flexibility index (Phi) is 4.98. The van der Waals surface area contributed by atoms with Crippen molar-refractivity contribution in [3.63, 3.8) is 0 Å². The molecule has 8 heteroatoms. The van der Waals surface area contributed by atoms with Gasteiger partial charge in [-0.1, -0.05) is 30.3 Å². The van der Waals surface area contributed by atoms with Crippen molar-refractivity contribution in [1.29, 1.82) is 0 Å². The first-order chi connectivity index (χ1) is 12.8. The molecule has 0 saturated carbocycles. The van der Waals surface area contributed by atoms with E-state index in [9.17, 15) is 18.0 Å². The number of carbonyl (C=O) groups excluding carboxylic acids is 1. The maximum Gasteiger partial charge on any atom is 0.417 e. The molecule has 0 aliphatic carbocycles. The summed E-state index contributed by atoms with van der Waals surface area (Å²) in [7, 11) is 0. The van der Waals surface area contributed by atoms with Gasteiger partial charge in [0.2, 0.25) is 0 Å². The van der Waals surface area contributed by atoms with Crippen molar-refractivity contribution in [1.82, 2.24) is 20.1 Å². The minimum atomic E-state index is -4.46. The molecule has 2 heterocycles. The van der Waals surface area contributed by atoms with E-state index < -0.39 is 11.7 Å². The molecule has 140 valence electrons. The third kappa shape index (κ3) is 3.99. The lowest BCUT2D eigenvalue weighted by Crippen LogP contribution is -2.27. The molecule has 0 fully saturated rings. The van der Waals surface area contributed by atoms with Crippen LogP contribution in [0.25, 0.3) is 5.82 Å². The molecule has 0 bridgehead atoms. The molecular weight excluding hydrogens is 357 g/mol. The van der Waals surface area contributed by atoms with Crippen molar-refractivity contribution < 1.29 is 18.0 Å². The monoisotopic (exact) mass is 374 g/mol. The van der Waals surface area contributed by atoms with E-state index >= 15 is 0 Å². The fraction of sp³-hybridized carbons (Fsp3) is 0.211. The number of nitrogens with zero attached hydrogens (tertiary/aromatic N) is 3. The van der Waals surface area contributed by atoms with Crippen LogP contribution in [0.15, 0.2) is 54.9 Å². The van der Waals surface area contributed by atoms with Gasteiger partial charge >= 0.3 is 6.18 Å². The molecule has 1 unspecified atom stereocenters. The summed E-state index contributed by atoms with van der Waals surface area (Å²) in [6.07, 6.45) is -2.33. The summed E-state index contributed by atoms with van der Waals surface area (Å²) in [5.41, 5.74) is 0.936. The van der Waals surface area contributed by atoms with E-state index in [1.54, 1.807) is 6.92 Å². The molecule has 0 aliphatic heterocycles. The summed E-state index contributed by atoms with van der Waals surface area (Å²) in [6.45, 7) is 3.53. The van der Waals surface area contributed by atoms with Crippen molar-refractivity contribution in [2.24, 2.45) is 0 Å². The van der Waals surface area contributed by atoms with Crippen molar-refractivity contribution in [2.75, 3.05) is 0 Å². The Hall–Kier alpha value is -3.16. The van der Waals surface area contributed by atoms with Crippen LogP contribution >= 0.6 is 0 Å². The van der Waals surface area contributed by atoms with Crippen LogP contribution < -0.4 is 5.32 Å². The smallest absolute Gasteiger partial charge is 0.345 e. The molecule has 2 aromatic heterocycles. The SMILES string of the molecule is Cc1c(C(=O)NC(C)c2ccccc2)cnn1-c1ccc(C(F)(F)F)cn1. The van der Waals surface area contributed by atoms with Gasteiger partial charge in [-0.05, 0) is 31.5 Å². The second-order valence-electron chi connectivity index (χ2n) is 6.06. The van der Waals surface area contributed by atoms with Gasteiger partial charge in [-0.25, -0.2) is 9.67 Å². The van der Waals surface area contributed by atoms with Crippen molar-refractivity contribution in [3.05, 3.63) is 77.2 Å². The van der Waals surface area contributed by atoms with Gasteiger partial charge in [0.15, 0.2) is 5.82 Å². The maximum absolute atomic E-state index is 12.7. The van der Waals surface area contributed by atoms with Crippen LogP contribution in [-0.4, -0.2) is 20.7 Å². The molecule has 1 amide bonds. The number of alkyl halides is 3. The first-order valence-corrected chi connectivity index (χ1v) is 8.21. The van der Waals surface area contributed by atoms with Crippen LogP contribution in [0.4, 0.5) is 13.2 Å². The lowest BCUT2D eigenvalue weighted by Gasteiger charge is -2.14. The summed E-state index contributed by atoms with van der Waals surface area (Å²) >= 11 is 0. The number of hydrogen-bond acceptors (Lipinski definition) is 3. The first-order valence-electron chi connectivity index (χ1n) is 8.21. The Morgan fingerprint density at radius 2 is 1.81 bits per heavy atom. The van der Waals surface area contributed by atoms with Crippen LogP contribution in [0, 0.1) is 6.92 Å². The number of carbonyl (C=O) groups is 1. The van der Waals surface area contributed by atoms with E-state index in [1.165, 1.54) is 16.9 Å². The lowest BCUT2D eigenvalue weighted by atomic mass is 10.1. The fourth-order valence-electron chi connectivity index (χ4n) is 2.64. The van der Waals surface area contributed by atoms with Crippen LogP contribution in [-0.2, 0) is 6.18 Å². The van der Waals surface area contributed by atoms with Gasteiger partial charge in [0.05, 0.1) is 29.1 Å². The third-order valence-electron chi connectivity index (χ3n) is 4.19. The van der Waals surface area contributed by atoms with Gasteiger partial charge in [-0.3, -0.25) is 4.79 Å². The molecule has 0 spiro atoms. The van der Waals surface area contributed by atoms with Crippen molar-refractivity contribution in [3.8, 4) is 5.82 Å². The van der Waals surface area contributed by atoms with Gasteiger partial charge in [-0.2, -0.15) is 18.3 Å². The quantitative estimate of drug-likeness (QED) is 0.748. The summed E-state index contributed by atoms with van der Waals surface area (Å²) in [5.74, 6) is -0.113. The number of halogens is 3. The maximum atomic E-state index is 12.7. The molecule has 1 aromatic carbocycles. The zero-order chi connectivity index (χ0) is 19.6. The largest absolute Gasteiger partial charge is 0.417 e. The molecule has 3 aromatic rings. The standard InChI is InChI=1S/C19H17F3N4O/c1-12(14-6-4-3-5-7-14)25-18(27)16-11-24-26(13(16)2)17-9-8-15(10-23-17)19(20,21)22/h3-12H,1-2H3,(H,25,27). The van der Waals surface area contributed by atoms with Crippen LogP contribution in [0.3, 0.4) is 0 Å². The summed E-state index contributed by atoms with van der Waals surface area (Å²) in [5, 5.41) is 6.98. The number of benzene rings is 1. The molecule has 27 heavy (non-hydrogen) atoms. The van der Waals surface area contributed by atoms with Gasteiger partial charge in [0, 0.05) is 6.20 Å². The zero-order valence-corrected chi connectivity index (χ0v) is 14.7. The number of rotatable bonds is 4. The fourth-order valence-corrected chi connectivity index (χ4v) is 2.64. The molecule has 0 radical (unpaired) electrons. The van der Waals surface area contributed by atoms with E-state index in [1.807, 2.05) is 37.3 Å².